The molecule has 0 heterocycles. The van der Waals surface area contributed by atoms with Crippen LogP contribution in [0.5, 0.6) is 0 Å². The van der Waals surface area contributed by atoms with Crippen LogP contribution < -0.4 is 5.73 Å². The molecule has 0 amide bonds. The molecule has 0 aliphatic rings. The number of hydrogen-bond donors (Lipinski definition) is 2. The highest BCUT2D eigenvalue weighted by molar-refractivity contribution is 5.64. The minimum absolute atomic E-state index is 0.0157. The van der Waals surface area contributed by atoms with Gasteiger partial charge in [-0.2, -0.15) is 13.2 Å². The fourth-order valence-corrected chi connectivity index (χ4v) is 2.08. The molecule has 1 unspecified atom stereocenters. The fraction of sp³-hybridized carbons (Fsp3) is 0.250. The van der Waals surface area contributed by atoms with E-state index in [4.69, 9.17) is 10.8 Å². The van der Waals surface area contributed by atoms with Gasteiger partial charge < -0.3 is 10.8 Å². The SMILES string of the molecule is NC(CCO)c1ccc(-c2ccc(C(F)(F)F)cc2)cc1. The molecule has 0 spiro atoms. The molecule has 5 heteroatoms. The predicted molar refractivity (Wildman–Crippen MR) is 75.5 cm³/mol. The van der Waals surface area contributed by atoms with E-state index >= 15 is 0 Å². The molecule has 2 rings (SSSR count). The van der Waals surface area contributed by atoms with Gasteiger partial charge in [0.1, 0.15) is 0 Å². The minimum Gasteiger partial charge on any atom is -0.396 e. The topological polar surface area (TPSA) is 46.2 Å². The van der Waals surface area contributed by atoms with Crippen molar-refractivity contribution in [3.05, 3.63) is 59.7 Å². The molecule has 0 fully saturated rings. The van der Waals surface area contributed by atoms with Crippen LogP contribution >= 0.6 is 0 Å². The van der Waals surface area contributed by atoms with Crippen molar-refractivity contribution in [2.75, 3.05) is 6.61 Å². The zero-order chi connectivity index (χ0) is 15.5. The molecule has 3 N–H and O–H groups in total. The van der Waals surface area contributed by atoms with Gasteiger partial charge in [-0.3, -0.25) is 0 Å². The number of benzene rings is 2. The largest absolute Gasteiger partial charge is 0.416 e. The molecule has 0 aliphatic carbocycles. The predicted octanol–water partition coefficient (Wildman–Crippen LogP) is 3.75. The summed E-state index contributed by atoms with van der Waals surface area (Å²) in [7, 11) is 0. The van der Waals surface area contributed by atoms with Crippen molar-refractivity contribution < 1.29 is 18.3 Å². The Kier molecular flexibility index (Phi) is 4.65. The molecule has 2 aromatic carbocycles. The first-order valence-electron chi connectivity index (χ1n) is 6.56. The summed E-state index contributed by atoms with van der Waals surface area (Å²) < 4.78 is 37.5. The highest BCUT2D eigenvalue weighted by Crippen LogP contribution is 2.31. The van der Waals surface area contributed by atoms with Gasteiger partial charge >= 0.3 is 6.18 Å². The minimum atomic E-state index is -4.32. The lowest BCUT2D eigenvalue weighted by Crippen LogP contribution is -2.11. The van der Waals surface area contributed by atoms with Gasteiger partial charge in [-0.05, 0) is 35.2 Å². The molecular formula is C16H16F3NO. The molecule has 0 saturated heterocycles. The Morgan fingerprint density at radius 3 is 1.81 bits per heavy atom. The third kappa shape index (κ3) is 3.83. The Morgan fingerprint density at radius 2 is 1.38 bits per heavy atom. The van der Waals surface area contributed by atoms with Crippen LogP contribution in [0.15, 0.2) is 48.5 Å². The number of hydrogen-bond acceptors (Lipinski definition) is 2. The molecule has 112 valence electrons. The normalized spacial score (nSPS) is 13.2. The molecule has 2 nitrogen and oxygen atoms in total. The number of halogens is 3. The lowest BCUT2D eigenvalue weighted by molar-refractivity contribution is -0.137. The maximum atomic E-state index is 12.5. The van der Waals surface area contributed by atoms with E-state index in [2.05, 4.69) is 0 Å². The fourth-order valence-electron chi connectivity index (χ4n) is 2.08. The molecule has 0 aromatic heterocycles. The second-order valence-electron chi connectivity index (χ2n) is 4.82. The van der Waals surface area contributed by atoms with Gasteiger partial charge in [-0.25, -0.2) is 0 Å². The van der Waals surface area contributed by atoms with Crippen molar-refractivity contribution in [1.82, 2.24) is 0 Å². The lowest BCUT2D eigenvalue weighted by Gasteiger charge is -2.11. The summed E-state index contributed by atoms with van der Waals surface area (Å²) in [5.74, 6) is 0. The number of aliphatic hydroxyl groups is 1. The Hall–Kier alpha value is -1.85. The van der Waals surface area contributed by atoms with Crippen LogP contribution in [0, 0.1) is 0 Å². The van der Waals surface area contributed by atoms with Crippen molar-refractivity contribution in [3.8, 4) is 11.1 Å². The van der Waals surface area contributed by atoms with Gasteiger partial charge in [-0.15, -0.1) is 0 Å². The van der Waals surface area contributed by atoms with Crippen molar-refractivity contribution in [3.63, 3.8) is 0 Å². The first kappa shape index (κ1) is 15.5. The van der Waals surface area contributed by atoms with Gasteiger partial charge in [0.05, 0.1) is 5.56 Å². The quantitative estimate of drug-likeness (QED) is 0.902. The van der Waals surface area contributed by atoms with E-state index < -0.39 is 11.7 Å². The van der Waals surface area contributed by atoms with Crippen molar-refractivity contribution >= 4 is 0 Å². The average molecular weight is 295 g/mol. The smallest absolute Gasteiger partial charge is 0.396 e. The standard InChI is InChI=1S/C16H16F3NO/c17-16(18,19)14-7-5-12(6-8-14)11-1-3-13(4-2-11)15(20)9-10-21/h1-8,15,21H,9-10,20H2. The first-order chi connectivity index (χ1) is 9.91. The van der Waals surface area contributed by atoms with E-state index in [-0.39, 0.29) is 12.6 Å². The van der Waals surface area contributed by atoms with E-state index in [9.17, 15) is 13.2 Å². The number of aliphatic hydroxyl groups excluding tert-OH is 1. The van der Waals surface area contributed by atoms with Crippen LogP contribution in [-0.4, -0.2) is 11.7 Å². The monoisotopic (exact) mass is 295 g/mol. The summed E-state index contributed by atoms with van der Waals surface area (Å²) in [5, 5.41) is 8.85. The number of rotatable bonds is 4. The summed E-state index contributed by atoms with van der Waals surface area (Å²) in [6.07, 6.45) is -3.85. The van der Waals surface area contributed by atoms with Crippen molar-refractivity contribution in [1.29, 1.82) is 0 Å². The van der Waals surface area contributed by atoms with E-state index in [1.165, 1.54) is 12.1 Å². The maximum Gasteiger partial charge on any atom is 0.416 e. The average Bonchev–Trinajstić information content (AvgIpc) is 2.47. The number of nitrogens with two attached hydrogens (primary N) is 1. The zero-order valence-corrected chi connectivity index (χ0v) is 11.3. The third-order valence-corrected chi connectivity index (χ3v) is 3.32. The molecule has 21 heavy (non-hydrogen) atoms. The summed E-state index contributed by atoms with van der Waals surface area (Å²) in [4.78, 5) is 0. The van der Waals surface area contributed by atoms with Crippen LogP contribution in [0.4, 0.5) is 13.2 Å². The summed E-state index contributed by atoms with van der Waals surface area (Å²) in [6, 6.07) is 12.1. The van der Waals surface area contributed by atoms with E-state index in [0.29, 0.717) is 12.0 Å². The molecule has 2 aromatic rings. The second-order valence-corrected chi connectivity index (χ2v) is 4.82. The Balaban J connectivity index is 2.19. The lowest BCUT2D eigenvalue weighted by atomic mass is 9.99. The summed E-state index contributed by atoms with van der Waals surface area (Å²) in [6.45, 7) is 0.0157. The second kappa shape index (κ2) is 6.28. The van der Waals surface area contributed by atoms with Crippen LogP contribution in [0.3, 0.4) is 0 Å². The van der Waals surface area contributed by atoms with Crippen LogP contribution in [0.1, 0.15) is 23.6 Å². The van der Waals surface area contributed by atoms with Gasteiger partial charge in [0, 0.05) is 12.6 Å². The number of alkyl halides is 3. The maximum absolute atomic E-state index is 12.5. The van der Waals surface area contributed by atoms with E-state index in [1.54, 1.807) is 0 Å². The third-order valence-electron chi connectivity index (χ3n) is 3.32. The highest BCUT2D eigenvalue weighted by Gasteiger charge is 2.29. The first-order valence-corrected chi connectivity index (χ1v) is 6.56. The Bertz CT molecular complexity index is 576. The van der Waals surface area contributed by atoms with E-state index in [1.807, 2.05) is 24.3 Å². The van der Waals surface area contributed by atoms with Gasteiger partial charge in [0.25, 0.3) is 0 Å². The van der Waals surface area contributed by atoms with Crippen LogP contribution in [0.25, 0.3) is 11.1 Å². The van der Waals surface area contributed by atoms with Gasteiger partial charge in [-0.1, -0.05) is 36.4 Å². The molecule has 1 atom stereocenters. The molecule has 0 aliphatic heterocycles. The van der Waals surface area contributed by atoms with Crippen LogP contribution in [-0.2, 0) is 6.18 Å². The highest BCUT2D eigenvalue weighted by atomic mass is 19.4. The molecule has 0 saturated carbocycles. The van der Waals surface area contributed by atoms with Crippen molar-refractivity contribution in [2.45, 2.75) is 18.6 Å². The Morgan fingerprint density at radius 1 is 0.905 bits per heavy atom. The van der Waals surface area contributed by atoms with Gasteiger partial charge in [0.15, 0.2) is 0 Å². The zero-order valence-electron chi connectivity index (χ0n) is 11.3. The molecule has 0 radical (unpaired) electrons. The van der Waals surface area contributed by atoms with Crippen LogP contribution in [0.2, 0.25) is 0 Å². The molecule has 0 bridgehead atoms. The summed E-state index contributed by atoms with van der Waals surface area (Å²) in [5.41, 5.74) is 7.64. The Labute approximate surface area is 121 Å². The van der Waals surface area contributed by atoms with E-state index in [0.717, 1.165) is 23.3 Å². The van der Waals surface area contributed by atoms with Crippen molar-refractivity contribution in [2.24, 2.45) is 5.73 Å². The van der Waals surface area contributed by atoms with Gasteiger partial charge in [0.2, 0.25) is 0 Å². The molecular weight excluding hydrogens is 279 g/mol. The summed E-state index contributed by atoms with van der Waals surface area (Å²) >= 11 is 0.